The number of halogens is 2. The van der Waals surface area contributed by atoms with Crippen LogP contribution in [0.15, 0.2) is 36.4 Å². The summed E-state index contributed by atoms with van der Waals surface area (Å²) in [7, 11) is 1.58. The Balaban J connectivity index is 2.22. The highest BCUT2D eigenvalue weighted by atomic mass is 35.5. The maximum Gasteiger partial charge on any atom is 0.129 e. The smallest absolute Gasteiger partial charge is 0.129 e. The van der Waals surface area contributed by atoms with E-state index in [4.69, 9.17) is 32.7 Å². The lowest BCUT2D eigenvalue weighted by atomic mass is 10.1. The van der Waals surface area contributed by atoms with E-state index in [9.17, 15) is 5.11 Å². The fourth-order valence-electron chi connectivity index (χ4n) is 1.91. The summed E-state index contributed by atoms with van der Waals surface area (Å²) in [5, 5.41) is 10.9. The van der Waals surface area contributed by atoms with Crippen LogP contribution in [0.2, 0.25) is 10.0 Å². The number of aliphatic hydroxyl groups excluding tert-OH is 1. The monoisotopic (exact) mass is 326 g/mol. The van der Waals surface area contributed by atoms with Crippen molar-refractivity contribution < 1.29 is 14.6 Å². The summed E-state index contributed by atoms with van der Waals surface area (Å²) >= 11 is 12.0. The summed E-state index contributed by atoms with van der Waals surface area (Å²) in [5.41, 5.74) is 1.52. The first-order valence-electron chi connectivity index (χ1n) is 6.44. The van der Waals surface area contributed by atoms with Crippen LogP contribution in [0.25, 0.3) is 0 Å². The molecule has 2 aromatic carbocycles. The van der Waals surface area contributed by atoms with Gasteiger partial charge in [0.05, 0.1) is 13.2 Å². The first-order chi connectivity index (χ1) is 10.0. The van der Waals surface area contributed by atoms with Crippen molar-refractivity contribution in [3.05, 3.63) is 57.6 Å². The lowest BCUT2D eigenvalue weighted by Crippen LogP contribution is -2.02. The lowest BCUT2D eigenvalue weighted by Gasteiger charge is -2.15. The Morgan fingerprint density at radius 3 is 2.52 bits per heavy atom. The SMILES string of the molecule is COc1ccc([C@@H](C)O)c(OCc2ccc(Cl)cc2Cl)c1. The van der Waals surface area contributed by atoms with E-state index in [0.717, 1.165) is 5.56 Å². The van der Waals surface area contributed by atoms with Crippen LogP contribution < -0.4 is 9.47 Å². The second-order valence-corrected chi connectivity index (χ2v) is 5.45. The number of methoxy groups -OCH3 is 1. The molecule has 0 aliphatic carbocycles. The Kier molecular flexibility index (Phi) is 5.34. The molecular formula is C16H16Cl2O3. The average molecular weight is 327 g/mol. The van der Waals surface area contributed by atoms with Crippen LogP contribution in [0.1, 0.15) is 24.2 Å². The van der Waals surface area contributed by atoms with Crippen LogP contribution in [-0.4, -0.2) is 12.2 Å². The Morgan fingerprint density at radius 1 is 1.14 bits per heavy atom. The maximum atomic E-state index is 9.79. The van der Waals surface area contributed by atoms with Crippen LogP contribution >= 0.6 is 23.2 Å². The minimum atomic E-state index is -0.633. The molecule has 0 aliphatic rings. The number of hydrogen-bond acceptors (Lipinski definition) is 3. The van der Waals surface area contributed by atoms with Gasteiger partial charge in [-0.25, -0.2) is 0 Å². The van der Waals surface area contributed by atoms with E-state index in [-0.39, 0.29) is 6.61 Å². The first kappa shape index (κ1) is 16.0. The summed E-state index contributed by atoms with van der Waals surface area (Å²) in [6.07, 6.45) is -0.633. The minimum Gasteiger partial charge on any atom is -0.497 e. The van der Waals surface area contributed by atoms with Crippen LogP contribution in [0.5, 0.6) is 11.5 Å². The van der Waals surface area contributed by atoms with E-state index < -0.39 is 6.10 Å². The van der Waals surface area contributed by atoms with E-state index in [2.05, 4.69) is 0 Å². The molecule has 21 heavy (non-hydrogen) atoms. The normalized spacial score (nSPS) is 12.0. The van der Waals surface area contributed by atoms with Gasteiger partial charge in [0.2, 0.25) is 0 Å². The molecule has 3 nitrogen and oxygen atoms in total. The van der Waals surface area contributed by atoms with E-state index in [0.29, 0.717) is 27.1 Å². The van der Waals surface area contributed by atoms with Gasteiger partial charge in [-0.15, -0.1) is 0 Å². The molecule has 2 aromatic rings. The van der Waals surface area contributed by atoms with Crippen molar-refractivity contribution in [3.8, 4) is 11.5 Å². The van der Waals surface area contributed by atoms with E-state index in [1.165, 1.54) is 0 Å². The Morgan fingerprint density at radius 2 is 1.90 bits per heavy atom. The van der Waals surface area contributed by atoms with Crippen LogP contribution in [0.3, 0.4) is 0 Å². The van der Waals surface area contributed by atoms with Crippen molar-refractivity contribution in [1.82, 2.24) is 0 Å². The van der Waals surface area contributed by atoms with Crippen LogP contribution in [0.4, 0.5) is 0 Å². The number of benzene rings is 2. The first-order valence-corrected chi connectivity index (χ1v) is 7.19. The molecule has 0 radical (unpaired) electrons. The molecule has 0 saturated heterocycles. The van der Waals surface area contributed by atoms with Gasteiger partial charge in [-0.2, -0.15) is 0 Å². The summed E-state index contributed by atoms with van der Waals surface area (Å²) in [5.74, 6) is 1.23. The molecule has 1 N–H and O–H groups in total. The van der Waals surface area contributed by atoms with E-state index in [1.807, 2.05) is 6.07 Å². The maximum absolute atomic E-state index is 9.79. The number of rotatable bonds is 5. The fraction of sp³-hybridized carbons (Fsp3) is 0.250. The zero-order valence-electron chi connectivity index (χ0n) is 11.8. The van der Waals surface area contributed by atoms with Gasteiger partial charge in [0.15, 0.2) is 0 Å². The molecule has 0 spiro atoms. The zero-order valence-corrected chi connectivity index (χ0v) is 13.3. The molecule has 0 fully saturated rings. The lowest BCUT2D eigenvalue weighted by molar-refractivity contribution is 0.190. The number of aliphatic hydroxyl groups is 1. The highest BCUT2D eigenvalue weighted by Crippen LogP contribution is 2.31. The summed E-state index contributed by atoms with van der Waals surface area (Å²) < 4.78 is 11.0. The molecule has 0 aliphatic heterocycles. The van der Waals surface area contributed by atoms with Crippen molar-refractivity contribution in [2.45, 2.75) is 19.6 Å². The van der Waals surface area contributed by atoms with E-state index >= 15 is 0 Å². The van der Waals surface area contributed by atoms with Gasteiger partial charge in [-0.1, -0.05) is 29.3 Å². The molecule has 0 aromatic heterocycles. The van der Waals surface area contributed by atoms with Crippen molar-refractivity contribution in [2.24, 2.45) is 0 Å². The Bertz CT molecular complexity index is 627. The predicted molar refractivity (Wildman–Crippen MR) is 84.4 cm³/mol. The second-order valence-electron chi connectivity index (χ2n) is 4.60. The van der Waals surface area contributed by atoms with Crippen LogP contribution in [0, 0.1) is 0 Å². The van der Waals surface area contributed by atoms with Gasteiger partial charge in [0.25, 0.3) is 0 Å². The molecular weight excluding hydrogens is 311 g/mol. The molecule has 0 unspecified atom stereocenters. The molecule has 5 heteroatoms. The van der Waals surface area contributed by atoms with Gasteiger partial charge in [-0.05, 0) is 31.2 Å². The van der Waals surface area contributed by atoms with Crippen molar-refractivity contribution in [2.75, 3.05) is 7.11 Å². The number of hydrogen-bond donors (Lipinski definition) is 1. The molecule has 0 bridgehead atoms. The molecule has 0 heterocycles. The molecule has 2 rings (SSSR count). The largest absolute Gasteiger partial charge is 0.497 e. The minimum absolute atomic E-state index is 0.281. The predicted octanol–water partition coefficient (Wildman–Crippen LogP) is 4.63. The highest BCUT2D eigenvalue weighted by molar-refractivity contribution is 6.35. The van der Waals surface area contributed by atoms with Gasteiger partial charge in [-0.3, -0.25) is 0 Å². The second kappa shape index (κ2) is 7.03. The third-order valence-corrected chi connectivity index (χ3v) is 3.66. The third kappa shape index (κ3) is 4.03. The zero-order chi connectivity index (χ0) is 15.4. The van der Waals surface area contributed by atoms with Gasteiger partial charge >= 0.3 is 0 Å². The van der Waals surface area contributed by atoms with E-state index in [1.54, 1.807) is 44.4 Å². The quantitative estimate of drug-likeness (QED) is 0.870. The number of ether oxygens (including phenoxy) is 2. The standard InChI is InChI=1S/C16H16Cl2O3/c1-10(19)14-6-5-13(20-2)8-16(14)21-9-11-3-4-12(17)7-15(11)18/h3-8,10,19H,9H2,1-2H3/t10-/m1/s1. The van der Waals surface area contributed by atoms with Crippen molar-refractivity contribution in [3.63, 3.8) is 0 Å². The van der Waals surface area contributed by atoms with Gasteiger partial charge in [0, 0.05) is 27.2 Å². The van der Waals surface area contributed by atoms with Crippen molar-refractivity contribution in [1.29, 1.82) is 0 Å². The van der Waals surface area contributed by atoms with Crippen molar-refractivity contribution >= 4 is 23.2 Å². The topological polar surface area (TPSA) is 38.7 Å². The molecule has 0 amide bonds. The highest BCUT2D eigenvalue weighted by Gasteiger charge is 2.11. The molecule has 0 saturated carbocycles. The van der Waals surface area contributed by atoms with Gasteiger partial charge < -0.3 is 14.6 Å². The Hall–Kier alpha value is -1.42. The molecule has 1 atom stereocenters. The molecule has 112 valence electrons. The summed E-state index contributed by atoms with van der Waals surface area (Å²) in [4.78, 5) is 0. The summed E-state index contributed by atoms with van der Waals surface area (Å²) in [6, 6.07) is 10.5. The van der Waals surface area contributed by atoms with Crippen LogP contribution in [-0.2, 0) is 6.61 Å². The Labute approximate surface area is 134 Å². The van der Waals surface area contributed by atoms with Gasteiger partial charge in [0.1, 0.15) is 18.1 Å². The fourth-order valence-corrected chi connectivity index (χ4v) is 2.37. The third-order valence-electron chi connectivity index (χ3n) is 3.07. The summed E-state index contributed by atoms with van der Waals surface area (Å²) in [6.45, 7) is 1.97. The average Bonchev–Trinajstić information content (AvgIpc) is 2.45.